The van der Waals surface area contributed by atoms with E-state index in [1.54, 1.807) is 0 Å². The first kappa shape index (κ1) is 22.9. The fourth-order valence-corrected chi connectivity index (χ4v) is 2.54. The van der Waals surface area contributed by atoms with Crippen LogP contribution in [0.5, 0.6) is 0 Å². The Morgan fingerprint density at radius 3 is 2.29 bits per heavy atom. The van der Waals surface area contributed by atoms with E-state index in [2.05, 4.69) is 36.5 Å². The van der Waals surface area contributed by atoms with E-state index < -0.39 is 6.10 Å². The van der Waals surface area contributed by atoms with Gasteiger partial charge in [0.1, 0.15) is 0 Å². The van der Waals surface area contributed by atoms with Crippen molar-refractivity contribution in [3.8, 4) is 0 Å². The van der Waals surface area contributed by atoms with E-state index in [9.17, 15) is 5.11 Å². The van der Waals surface area contributed by atoms with Crippen molar-refractivity contribution in [2.45, 2.75) is 31.9 Å². The minimum absolute atomic E-state index is 0. The second kappa shape index (κ2) is 12.3. The molecule has 2 aromatic carbocycles. The van der Waals surface area contributed by atoms with Gasteiger partial charge in [0.15, 0.2) is 0 Å². The summed E-state index contributed by atoms with van der Waals surface area (Å²) in [4.78, 5) is 0. The zero-order valence-corrected chi connectivity index (χ0v) is 15.7. The lowest BCUT2D eigenvalue weighted by atomic mass is 10.0. The van der Waals surface area contributed by atoms with Gasteiger partial charge in [0.05, 0.1) is 6.10 Å². The van der Waals surface area contributed by atoms with Crippen LogP contribution in [0.25, 0.3) is 0 Å². The smallest absolute Gasteiger partial charge is 0.0818 e. The highest BCUT2D eigenvalue weighted by Gasteiger charge is 2.14. The highest BCUT2D eigenvalue weighted by atomic mass is 35.5. The Bertz CT molecular complexity index is 566. The van der Waals surface area contributed by atoms with E-state index in [0.717, 1.165) is 18.5 Å². The maximum Gasteiger partial charge on any atom is 0.0818 e. The van der Waals surface area contributed by atoms with E-state index in [1.807, 2.05) is 30.3 Å². The summed E-state index contributed by atoms with van der Waals surface area (Å²) in [6.07, 6.45) is 1.13. The Kier molecular flexibility index (Phi) is 11.7. The summed E-state index contributed by atoms with van der Waals surface area (Å²) in [6, 6.07) is 18.2. The number of halogens is 2. The van der Waals surface area contributed by atoms with Crippen molar-refractivity contribution in [3.63, 3.8) is 0 Å². The van der Waals surface area contributed by atoms with Crippen molar-refractivity contribution in [1.29, 1.82) is 0 Å². The Labute approximate surface area is 157 Å². The van der Waals surface area contributed by atoms with Crippen LogP contribution in [0.2, 0.25) is 0 Å². The zero-order valence-electron chi connectivity index (χ0n) is 14.0. The third kappa shape index (κ3) is 7.65. The molecular weight excluding hydrogens is 343 g/mol. The number of aliphatic hydroxyl groups excluding tert-OH is 1. The molecule has 3 nitrogen and oxygen atoms in total. The maximum atomic E-state index is 10.1. The van der Waals surface area contributed by atoms with Gasteiger partial charge in [-0.1, -0.05) is 54.6 Å². The van der Waals surface area contributed by atoms with Crippen LogP contribution in [0, 0.1) is 6.92 Å². The van der Waals surface area contributed by atoms with Crippen molar-refractivity contribution in [2.75, 3.05) is 13.1 Å². The Balaban J connectivity index is 0.00000264. The second-order valence-electron chi connectivity index (χ2n) is 5.80. The SMILES string of the molecule is Cc1ccccc1CCNC[C@@H](O)[C@@H](N)Cc1ccccc1.Cl.Cl. The van der Waals surface area contributed by atoms with Crippen molar-refractivity contribution >= 4 is 24.8 Å². The van der Waals surface area contributed by atoms with Gasteiger partial charge in [-0.3, -0.25) is 0 Å². The topological polar surface area (TPSA) is 58.3 Å². The third-order valence-electron chi connectivity index (χ3n) is 3.99. The molecule has 0 fully saturated rings. The molecule has 0 heterocycles. The van der Waals surface area contributed by atoms with E-state index in [1.165, 1.54) is 11.1 Å². The number of nitrogens with one attached hydrogen (secondary N) is 1. The lowest BCUT2D eigenvalue weighted by Gasteiger charge is -2.19. The predicted molar refractivity (Wildman–Crippen MR) is 106 cm³/mol. The summed E-state index contributed by atoms with van der Waals surface area (Å²) in [5.74, 6) is 0. The number of hydrogen-bond acceptors (Lipinski definition) is 3. The number of benzene rings is 2. The maximum absolute atomic E-state index is 10.1. The summed E-state index contributed by atoms with van der Waals surface area (Å²) in [5.41, 5.74) is 9.89. The summed E-state index contributed by atoms with van der Waals surface area (Å²) in [6.45, 7) is 3.50. The molecule has 0 unspecified atom stereocenters. The predicted octanol–water partition coefficient (Wildman–Crippen LogP) is 2.90. The second-order valence-corrected chi connectivity index (χ2v) is 5.80. The minimum atomic E-state index is -0.530. The van der Waals surface area contributed by atoms with Crippen LogP contribution in [0.4, 0.5) is 0 Å². The largest absolute Gasteiger partial charge is 0.390 e. The standard InChI is InChI=1S/C19H26N2O.2ClH/c1-15-7-5-6-10-17(15)11-12-21-14-19(22)18(20)13-16-8-3-2-4-9-16;;/h2-10,18-19,21-22H,11-14,20H2,1H3;2*1H/t18-,19+;;/m0../s1. The summed E-state index contributed by atoms with van der Waals surface area (Å²) < 4.78 is 0. The average Bonchev–Trinajstić information content (AvgIpc) is 2.53. The Morgan fingerprint density at radius 1 is 1.00 bits per heavy atom. The molecule has 0 amide bonds. The normalized spacial score (nSPS) is 12.6. The first-order valence-corrected chi connectivity index (χ1v) is 7.89. The molecule has 2 aromatic rings. The molecule has 0 saturated carbocycles. The van der Waals surface area contributed by atoms with Gasteiger partial charge in [-0.2, -0.15) is 0 Å². The van der Waals surface area contributed by atoms with Gasteiger partial charge in [0.25, 0.3) is 0 Å². The van der Waals surface area contributed by atoms with Gasteiger partial charge in [0, 0.05) is 12.6 Å². The summed E-state index contributed by atoms with van der Waals surface area (Å²) >= 11 is 0. The Hall–Kier alpha value is -1.10. The lowest BCUT2D eigenvalue weighted by molar-refractivity contribution is 0.142. The van der Waals surface area contributed by atoms with E-state index in [0.29, 0.717) is 13.0 Å². The number of aryl methyl sites for hydroxylation is 1. The van der Waals surface area contributed by atoms with Gasteiger partial charge >= 0.3 is 0 Å². The van der Waals surface area contributed by atoms with Crippen LogP contribution in [-0.2, 0) is 12.8 Å². The van der Waals surface area contributed by atoms with E-state index in [4.69, 9.17) is 5.73 Å². The molecule has 0 aliphatic carbocycles. The van der Waals surface area contributed by atoms with Crippen molar-refractivity contribution in [2.24, 2.45) is 5.73 Å². The molecule has 2 atom stereocenters. The van der Waals surface area contributed by atoms with Gasteiger partial charge in [-0.05, 0) is 43.0 Å². The average molecular weight is 371 g/mol. The molecule has 4 N–H and O–H groups in total. The van der Waals surface area contributed by atoms with Gasteiger partial charge in [-0.15, -0.1) is 24.8 Å². The molecule has 0 radical (unpaired) electrons. The zero-order chi connectivity index (χ0) is 15.8. The first-order chi connectivity index (χ1) is 10.7. The summed E-state index contributed by atoms with van der Waals surface area (Å²) in [5, 5.41) is 13.4. The Morgan fingerprint density at radius 2 is 1.62 bits per heavy atom. The fourth-order valence-electron chi connectivity index (χ4n) is 2.54. The van der Waals surface area contributed by atoms with Crippen molar-refractivity contribution in [3.05, 3.63) is 71.3 Å². The highest BCUT2D eigenvalue weighted by Crippen LogP contribution is 2.07. The van der Waals surface area contributed by atoms with Crippen LogP contribution >= 0.6 is 24.8 Å². The first-order valence-electron chi connectivity index (χ1n) is 7.89. The van der Waals surface area contributed by atoms with Crippen LogP contribution in [0.3, 0.4) is 0 Å². The van der Waals surface area contributed by atoms with Crippen LogP contribution in [-0.4, -0.2) is 30.3 Å². The van der Waals surface area contributed by atoms with E-state index in [-0.39, 0.29) is 30.9 Å². The highest BCUT2D eigenvalue weighted by molar-refractivity contribution is 5.85. The molecule has 24 heavy (non-hydrogen) atoms. The molecule has 5 heteroatoms. The number of aliphatic hydroxyl groups is 1. The van der Waals surface area contributed by atoms with Gasteiger partial charge in [-0.25, -0.2) is 0 Å². The molecule has 0 aliphatic heterocycles. The van der Waals surface area contributed by atoms with Crippen LogP contribution < -0.4 is 11.1 Å². The molecule has 134 valence electrons. The number of rotatable bonds is 8. The third-order valence-corrected chi connectivity index (χ3v) is 3.99. The molecule has 0 bridgehead atoms. The van der Waals surface area contributed by atoms with Crippen LogP contribution in [0.1, 0.15) is 16.7 Å². The summed E-state index contributed by atoms with van der Waals surface area (Å²) in [7, 11) is 0. The number of hydrogen-bond donors (Lipinski definition) is 3. The molecule has 0 aromatic heterocycles. The van der Waals surface area contributed by atoms with Gasteiger partial charge < -0.3 is 16.2 Å². The van der Waals surface area contributed by atoms with E-state index >= 15 is 0 Å². The quantitative estimate of drug-likeness (QED) is 0.626. The molecule has 2 rings (SSSR count). The molecule has 0 aliphatic rings. The minimum Gasteiger partial charge on any atom is -0.390 e. The van der Waals surface area contributed by atoms with Crippen molar-refractivity contribution in [1.82, 2.24) is 5.32 Å². The molecule has 0 saturated heterocycles. The number of nitrogens with two attached hydrogens (primary N) is 1. The van der Waals surface area contributed by atoms with Crippen molar-refractivity contribution < 1.29 is 5.11 Å². The molecular formula is C19H28Cl2N2O. The van der Waals surface area contributed by atoms with Crippen LogP contribution in [0.15, 0.2) is 54.6 Å². The molecule has 0 spiro atoms. The van der Waals surface area contributed by atoms with Gasteiger partial charge in [0.2, 0.25) is 0 Å². The monoisotopic (exact) mass is 370 g/mol. The fraction of sp³-hybridized carbons (Fsp3) is 0.368. The lowest BCUT2D eigenvalue weighted by Crippen LogP contribution is -2.43.